The second-order valence-electron chi connectivity index (χ2n) is 4.05. The predicted octanol–water partition coefficient (Wildman–Crippen LogP) is 0.169. The quantitative estimate of drug-likeness (QED) is 0.580. The zero-order chi connectivity index (χ0) is 14.5. The fraction of sp³-hybridized carbons (Fsp3) is 0.250. The summed E-state index contributed by atoms with van der Waals surface area (Å²) in [5.74, 6) is 6.99. The first-order chi connectivity index (χ1) is 9.60. The summed E-state index contributed by atoms with van der Waals surface area (Å²) >= 11 is 1.16. The Morgan fingerprint density at radius 2 is 2.05 bits per heavy atom. The van der Waals surface area contributed by atoms with Crippen molar-refractivity contribution in [1.29, 1.82) is 0 Å². The lowest BCUT2D eigenvalue weighted by Gasteiger charge is -2.04. The molecule has 1 aromatic heterocycles. The van der Waals surface area contributed by atoms with E-state index in [1.807, 2.05) is 24.3 Å². The minimum Gasteiger partial charge on any atom is -0.497 e. The van der Waals surface area contributed by atoms with Gasteiger partial charge in [-0.1, -0.05) is 23.9 Å². The van der Waals surface area contributed by atoms with Gasteiger partial charge in [0, 0.05) is 6.42 Å². The summed E-state index contributed by atoms with van der Waals surface area (Å²) in [6, 6.07) is 7.61. The third kappa shape index (κ3) is 3.41. The van der Waals surface area contributed by atoms with Crippen molar-refractivity contribution in [2.75, 3.05) is 18.7 Å². The Hall–Kier alpha value is -2.22. The molecule has 0 fully saturated rings. The summed E-state index contributed by atoms with van der Waals surface area (Å²) in [6.07, 6.45) is 0.546. The highest BCUT2D eigenvalue weighted by Crippen LogP contribution is 2.17. The Balaban J connectivity index is 2.07. The molecule has 0 aliphatic carbocycles. The van der Waals surface area contributed by atoms with Gasteiger partial charge in [0.2, 0.25) is 11.1 Å². The number of ether oxygens (including phenoxy) is 1. The fourth-order valence-corrected chi connectivity index (χ4v) is 2.20. The average molecular weight is 293 g/mol. The number of aromatic nitrogens is 3. The molecule has 0 aliphatic heterocycles. The van der Waals surface area contributed by atoms with Crippen LogP contribution in [0.4, 0.5) is 0 Å². The van der Waals surface area contributed by atoms with E-state index >= 15 is 0 Å². The van der Waals surface area contributed by atoms with Crippen LogP contribution in [-0.2, 0) is 11.2 Å². The van der Waals surface area contributed by atoms with Crippen molar-refractivity contribution < 1.29 is 9.53 Å². The molecule has 0 unspecified atom stereocenters. The van der Waals surface area contributed by atoms with Crippen LogP contribution < -0.4 is 16.3 Å². The number of nitrogen functional groups attached to an aromatic ring is 1. The van der Waals surface area contributed by atoms with E-state index in [4.69, 9.17) is 16.3 Å². The SMILES string of the molecule is COc1ccc(Cc2nnc(SCC(N)=O)n2N)cc1. The van der Waals surface area contributed by atoms with Gasteiger partial charge in [0.1, 0.15) is 5.75 Å². The van der Waals surface area contributed by atoms with Crippen LogP contribution in [0.1, 0.15) is 11.4 Å². The molecule has 4 N–H and O–H groups in total. The lowest BCUT2D eigenvalue weighted by Crippen LogP contribution is -2.17. The van der Waals surface area contributed by atoms with E-state index < -0.39 is 5.91 Å². The van der Waals surface area contributed by atoms with Crippen LogP contribution in [0.15, 0.2) is 29.4 Å². The molecule has 1 amide bonds. The van der Waals surface area contributed by atoms with E-state index in [1.165, 1.54) is 4.68 Å². The topological polar surface area (TPSA) is 109 Å². The molecular formula is C12H15N5O2S. The Morgan fingerprint density at radius 1 is 1.35 bits per heavy atom. The lowest BCUT2D eigenvalue weighted by atomic mass is 10.1. The van der Waals surface area contributed by atoms with E-state index in [0.717, 1.165) is 23.1 Å². The van der Waals surface area contributed by atoms with Crippen molar-refractivity contribution in [2.24, 2.45) is 5.73 Å². The highest BCUT2D eigenvalue weighted by atomic mass is 32.2. The molecule has 0 radical (unpaired) electrons. The molecule has 7 nitrogen and oxygen atoms in total. The summed E-state index contributed by atoms with van der Waals surface area (Å²) in [7, 11) is 1.62. The molecule has 1 aromatic carbocycles. The standard InChI is InChI=1S/C12H15N5O2S/c1-19-9-4-2-8(3-5-9)6-11-15-16-12(17(11)14)20-7-10(13)18/h2-5H,6-7,14H2,1H3,(H2,13,18). The molecule has 2 rings (SSSR count). The molecule has 1 heterocycles. The molecule has 0 spiro atoms. The summed E-state index contributed by atoms with van der Waals surface area (Å²) < 4.78 is 6.47. The third-order valence-corrected chi connectivity index (χ3v) is 3.57. The number of rotatable bonds is 6. The van der Waals surface area contributed by atoms with Gasteiger partial charge in [-0.2, -0.15) is 0 Å². The van der Waals surface area contributed by atoms with Crippen LogP contribution in [0.25, 0.3) is 0 Å². The second-order valence-corrected chi connectivity index (χ2v) is 4.99. The van der Waals surface area contributed by atoms with Gasteiger partial charge in [-0.15, -0.1) is 10.2 Å². The maximum absolute atomic E-state index is 10.7. The van der Waals surface area contributed by atoms with Gasteiger partial charge in [-0.3, -0.25) is 4.79 Å². The number of nitrogens with two attached hydrogens (primary N) is 2. The van der Waals surface area contributed by atoms with E-state index in [9.17, 15) is 4.79 Å². The highest BCUT2D eigenvalue weighted by molar-refractivity contribution is 7.99. The number of thioether (sulfide) groups is 1. The molecule has 0 saturated carbocycles. The summed E-state index contributed by atoms with van der Waals surface area (Å²) in [6.45, 7) is 0. The zero-order valence-electron chi connectivity index (χ0n) is 10.9. The van der Waals surface area contributed by atoms with E-state index in [1.54, 1.807) is 7.11 Å². The average Bonchev–Trinajstić information content (AvgIpc) is 2.78. The maximum atomic E-state index is 10.7. The first-order valence-corrected chi connectivity index (χ1v) is 6.82. The first kappa shape index (κ1) is 14.2. The number of hydrogen-bond donors (Lipinski definition) is 2. The normalized spacial score (nSPS) is 10.4. The largest absolute Gasteiger partial charge is 0.497 e. The number of benzene rings is 1. The van der Waals surface area contributed by atoms with Crippen LogP contribution in [0.2, 0.25) is 0 Å². The van der Waals surface area contributed by atoms with Gasteiger partial charge in [-0.25, -0.2) is 4.68 Å². The number of carbonyl (C=O) groups is 1. The van der Waals surface area contributed by atoms with Crippen molar-refractivity contribution in [3.05, 3.63) is 35.7 Å². The Kier molecular flexibility index (Phi) is 4.46. The Labute approximate surface area is 120 Å². The minimum absolute atomic E-state index is 0.123. The van der Waals surface area contributed by atoms with Crippen LogP contribution >= 0.6 is 11.8 Å². The number of hydrogen-bond acceptors (Lipinski definition) is 6. The minimum atomic E-state index is -0.422. The molecule has 0 saturated heterocycles. The van der Waals surface area contributed by atoms with Gasteiger partial charge in [0.15, 0.2) is 5.82 Å². The fourth-order valence-electron chi connectivity index (χ4n) is 1.59. The molecule has 0 aliphatic rings. The molecule has 0 atom stereocenters. The third-order valence-electron chi connectivity index (χ3n) is 2.60. The van der Waals surface area contributed by atoms with Gasteiger partial charge >= 0.3 is 0 Å². The van der Waals surface area contributed by atoms with Crippen molar-refractivity contribution in [3.63, 3.8) is 0 Å². The number of methoxy groups -OCH3 is 1. The lowest BCUT2D eigenvalue weighted by molar-refractivity contribution is -0.115. The van der Waals surface area contributed by atoms with Gasteiger partial charge in [0.25, 0.3) is 0 Å². The van der Waals surface area contributed by atoms with E-state index in [-0.39, 0.29) is 5.75 Å². The van der Waals surface area contributed by atoms with E-state index in [2.05, 4.69) is 10.2 Å². The van der Waals surface area contributed by atoms with Crippen LogP contribution in [0.3, 0.4) is 0 Å². The molecule has 8 heteroatoms. The second kappa shape index (κ2) is 6.29. The van der Waals surface area contributed by atoms with Crippen molar-refractivity contribution >= 4 is 17.7 Å². The van der Waals surface area contributed by atoms with Crippen molar-refractivity contribution in [2.45, 2.75) is 11.6 Å². The number of amides is 1. The molecular weight excluding hydrogens is 278 g/mol. The van der Waals surface area contributed by atoms with Crippen molar-refractivity contribution in [1.82, 2.24) is 14.9 Å². The molecule has 0 bridgehead atoms. The summed E-state index contributed by atoms with van der Waals surface area (Å²) in [5, 5.41) is 8.42. The van der Waals surface area contributed by atoms with E-state index in [0.29, 0.717) is 17.4 Å². The smallest absolute Gasteiger partial charge is 0.227 e. The van der Waals surface area contributed by atoms with Gasteiger partial charge in [0.05, 0.1) is 12.9 Å². The Morgan fingerprint density at radius 3 is 2.65 bits per heavy atom. The maximum Gasteiger partial charge on any atom is 0.227 e. The molecule has 2 aromatic rings. The van der Waals surface area contributed by atoms with Gasteiger partial charge < -0.3 is 16.3 Å². The highest BCUT2D eigenvalue weighted by Gasteiger charge is 2.11. The summed E-state index contributed by atoms with van der Waals surface area (Å²) in [4.78, 5) is 10.7. The van der Waals surface area contributed by atoms with Gasteiger partial charge in [-0.05, 0) is 17.7 Å². The zero-order valence-corrected chi connectivity index (χ0v) is 11.8. The monoisotopic (exact) mass is 293 g/mol. The number of nitrogens with zero attached hydrogens (tertiary/aromatic N) is 3. The van der Waals surface area contributed by atoms with Crippen LogP contribution in [-0.4, -0.2) is 33.6 Å². The first-order valence-electron chi connectivity index (χ1n) is 5.83. The molecule has 20 heavy (non-hydrogen) atoms. The number of primary amides is 1. The number of carbonyl (C=O) groups excluding carboxylic acids is 1. The van der Waals surface area contributed by atoms with Crippen LogP contribution in [0, 0.1) is 0 Å². The molecule has 106 valence electrons. The predicted molar refractivity (Wildman–Crippen MR) is 75.9 cm³/mol. The van der Waals surface area contributed by atoms with Crippen molar-refractivity contribution in [3.8, 4) is 5.75 Å². The Bertz CT molecular complexity index is 596. The summed E-state index contributed by atoms with van der Waals surface area (Å²) in [5.41, 5.74) is 6.12. The van der Waals surface area contributed by atoms with Crippen LogP contribution in [0.5, 0.6) is 5.75 Å².